The molecule has 2 N–H and O–H groups in total. The van der Waals surface area contributed by atoms with E-state index in [0.717, 1.165) is 19.3 Å². The highest BCUT2D eigenvalue weighted by Gasteiger charge is 2.28. The summed E-state index contributed by atoms with van der Waals surface area (Å²) in [5.74, 6) is -0.129. The van der Waals surface area contributed by atoms with Crippen LogP contribution in [0.15, 0.2) is 0 Å². The number of amides is 2. The van der Waals surface area contributed by atoms with Crippen LogP contribution in [0.3, 0.4) is 0 Å². The molecule has 0 unspecified atom stereocenters. The van der Waals surface area contributed by atoms with E-state index in [-0.39, 0.29) is 23.9 Å². The van der Waals surface area contributed by atoms with E-state index in [1.54, 1.807) is 7.11 Å². The molecule has 0 radical (unpaired) electrons. The minimum absolute atomic E-state index is 0.0398. The second kappa shape index (κ2) is 7.27. The molecule has 0 spiro atoms. The minimum Gasteiger partial charge on any atom is -0.383 e. The van der Waals surface area contributed by atoms with Crippen LogP contribution in [-0.4, -0.2) is 37.6 Å². The highest BCUT2D eigenvalue weighted by Crippen LogP contribution is 2.08. The number of carbonyl (C=O) groups is 2. The highest BCUT2D eigenvalue weighted by atomic mass is 16.5. The SMILES string of the molecule is CCCC[C@H](COC)NC(=O)[C@H]1CCC(=O)N1. The summed E-state index contributed by atoms with van der Waals surface area (Å²) in [7, 11) is 1.63. The largest absolute Gasteiger partial charge is 0.383 e. The lowest BCUT2D eigenvalue weighted by molar-refractivity contribution is -0.126. The third-order valence-corrected chi connectivity index (χ3v) is 2.93. The molecule has 0 bridgehead atoms. The number of hydrogen-bond donors (Lipinski definition) is 2. The first kappa shape index (κ1) is 14.0. The fourth-order valence-electron chi connectivity index (χ4n) is 1.96. The van der Waals surface area contributed by atoms with Crippen molar-refractivity contribution in [3.05, 3.63) is 0 Å². The van der Waals surface area contributed by atoms with Gasteiger partial charge < -0.3 is 15.4 Å². The first-order valence-corrected chi connectivity index (χ1v) is 6.26. The van der Waals surface area contributed by atoms with Gasteiger partial charge in [-0.25, -0.2) is 0 Å². The quantitative estimate of drug-likeness (QED) is 0.686. The molecule has 0 saturated carbocycles. The fourth-order valence-corrected chi connectivity index (χ4v) is 1.96. The van der Waals surface area contributed by atoms with Gasteiger partial charge in [-0.05, 0) is 12.8 Å². The van der Waals surface area contributed by atoms with Crippen molar-refractivity contribution in [2.45, 2.75) is 51.1 Å². The van der Waals surface area contributed by atoms with Crippen LogP contribution in [0.5, 0.6) is 0 Å². The van der Waals surface area contributed by atoms with E-state index in [2.05, 4.69) is 17.6 Å². The topological polar surface area (TPSA) is 67.4 Å². The Balaban J connectivity index is 2.37. The van der Waals surface area contributed by atoms with Crippen molar-refractivity contribution in [3.63, 3.8) is 0 Å². The number of hydrogen-bond acceptors (Lipinski definition) is 3. The van der Waals surface area contributed by atoms with Crippen LogP contribution in [0.1, 0.15) is 39.0 Å². The molecule has 5 nitrogen and oxygen atoms in total. The maximum Gasteiger partial charge on any atom is 0.242 e. The predicted octanol–water partition coefficient (Wildman–Crippen LogP) is 0.586. The standard InChI is InChI=1S/C12H22N2O3/c1-3-4-5-9(8-17-2)13-12(16)10-6-7-11(15)14-10/h9-10H,3-8H2,1-2H3,(H,13,16)(H,14,15)/t9-,10-/m1/s1. The molecular weight excluding hydrogens is 220 g/mol. The monoisotopic (exact) mass is 242 g/mol. The molecule has 1 heterocycles. The summed E-state index contributed by atoms with van der Waals surface area (Å²) in [6, 6.07) is -0.312. The summed E-state index contributed by atoms with van der Waals surface area (Å²) in [4.78, 5) is 22.9. The molecule has 2 amide bonds. The predicted molar refractivity (Wildman–Crippen MR) is 64.5 cm³/mol. The van der Waals surface area contributed by atoms with Gasteiger partial charge in [-0.2, -0.15) is 0 Å². The number of carbonyl (C=O) groups excluding carboxylic acids is 2. The Morgan fingerprint density at radius 1 is 1.65 bits per heavy atom. The second-order valence-electron chi connectivity index (χ2n) is 4.46. The van der Waals surface area contributed by atoms with Gasteiger partial charge in [0.25, 0.3) is 0 Å². The van der Waals surface area contributed by atoms with E-state index in [0.29, 0.717) is 19.4 Å². The van der Waals surface area contributed by atoms with E-state index in [4.69, 9.17) is 4.74 Å². The van der Waals surface area contributed by atoms with Crippen LogP contribution >= 0.6 is 0 Å². The first-order chi connectivity index (χ1) is 8.17. The normalized spacial score (nSPS) is 21.1. The van der Waals surface area contributed by atoms with E-state index < -0.39 is 0 Å². The summed E-state index contributed by atoms with van der Waals surface area (Å²) in [6.45, 7) is 2.63. The Kier molecular flexibility index (Phi) is 5.97. The van der Waals surface area contributed by atoms with Crippen LogP contribution in [0.4, 0.5) is 0 Å². The first-order valence-electron chi connectivity index (χ1n) is 6.26. The summed E-state index contributed by atoms with van der Waals surface area (Å²) in [5, 5.41) is 5.60. The van der Waals surface area contributed by atoms with Gasteiger partial charge >= 0.3 is 0 Å². The Labute approximate surface area is 102 Å². The zero-order valence-corrected chi connectivity index (χ0v) is 10.6. The van der Waals surface area contributed by atoms with E-state index in [1.807, 2.05) is 0 Å². The van der Waals surface area contributed by atoms with Gasteiger partial charge in [0.1, 0.15) is 6.04 Å². The number of nitrogens with one attached hydrogen (secondary N) is 2. The number of methoxy groups -OCH3 is 1. The van der Waals surface area contributed by atoms with Crippen LogP contribution in [0, 0.1) is 0 Å². The molecule has 1 aliphatic heterocycles. The average molecular weight is 242 g/mol. The molecule has 0 aromatic rings. The van der Waals surface area contributed by atoms with Crippen LogP contribution < -0.4 is 10.6 Å². The lowest BCUT2D eigenvalue weighted by Crippen LogP contribution is -2.47. The molecule has 0 aromatic carbocycles. The number of unbranched alkanes of at least 4 members (excludes halogenated alkanes) is 1. The molecule has 1 saturated heterocycles. The molecule has 1 fully saturated rings. The molecular formula is C12H22N2O3. The third-order valence-electron chi connectivity index (χ3n) is 2.93. The lowest BCUT2D eigenvalue weighted by Gasteiger charge is -2.20. The summed E-state index contributed by atoms with van der Waals surface area (Å²) < 4.78 is 5.08. The Morgan fingerprint density at radius 2 is 2.41 bits per heavy atom. The van der Waals surface area contributed by atoms with Gasteiger partial charge in [-0.15, -0.1) is 0 Å². The Bertz CT molecular complexity index is 268. The Morgan fingerprint density at radius 3 is 2.94 bits per heavy atom. The van der Waals surface area contributed by atoms with Crippen molar-refractivity contribution in [1.82, 2.24) is 10.6 Å². The van der Waals surface area contributed by atoms with Gasteiger partial charge in [0, 0.05) is 13.5 Å². The molecule has 1 aliphatic rings. The smallest absolute Gasteiger partial charge is 0.242 e. The summed E-state index contributed by atoms with van der Waals surface area (Å²) in [6.07, 6.45) is 4.11. The van der Waals surface area contributed by atoms with Crippen molar-refractivity contribution in [2.75, 3.05) is 13.7 Å². The zero-order valence-electron chi connectivity index (χ0n) is 10.6. The van der Waals surface area contributed by atoms with Gasteiger partial charge in [-0.1, -0.05) is 19.8 Å². The van der Waals surface area contributed by atoms with Gasteiger partial charge in [0.2, 0.25) is 11.8 Å². The molecule has 98 valence electrons. The highest BCUT2D eigenvalue weighted by molar-refractivity contribution is 5.90. The lowest BCUT2D eigenvalue weighted by atomic mass is 10.1. The van der Waals surface area contributed by atoms with E-state index in [1.165, 1.54) is 0 Å². The molecule has 0 aliphatic carbocycles. The maximum atomic E-state index is 11.9. The third kappa shape index (κ3) is 4.73. The minimum atomic E-state index is -0.358. The molecule has 0 aromatic heterocycles. The zero-order chi connectivity index (χ0) is 12.7. The van der Waals surface area contributed by atoms with E-state index in [9.17, 15) is 9.59 Å². The molecule has 17 heavy (non-hydrogen) atoms. The summed E-state index contributed by atoms with van der Waals surface area (Å²) >= 11 is 0. The molecule has 2 atom stereocenters. The van der Waals surface area contributed by atoms with Crippen LogP contribution in [0.25, 0.3) is 0 Å². The Hall–Kier alpha value is -1.10. The van der Waals surface area contributed by atoms with Gasteiger partial charge in [0.05, 0.1) is 12.6 Å². The maximum absolute atomic E-state index is 11.9. The number of rotatable bonds is 7. The average Bonchev–Trinajstić information content (AvgIpc) is 2.73. The van der Waals surface area contributed by atoms with Crippen molar-refractivity contribution >= 4 is 11.8 Å². The van der Waals surface area contributed by atoms with Gasteiger partial charge in [0.15, 0.2) is 0 Å². The number of ether oxygens (including phenoxy) is 1. The van der Waals surface area contributed by atoms with Crippen molar-refractivity contribution in [2.24, 2.45) is 0 Å². The molecule has 1 rings (SSSR count). The van der Waals surface area contributed by atoms with Gasteiger partial charge in [-0.3, -0.25) is 9.59 Å². The summed E-state index contributed by atoms with van der Waals surface area (Å²) in [5.41, 5.74) is 0. The second-order valence-corrected chi connectivity index (χ2v) is 4.46. The molecule has 5 heteroatoms. The van der Waals surface area contributed by atoms with E-state index >= 15 is 0 Å². The van der Waals surface area contributed by atoms with Crippen molar-refractivity contribution in [1.29, 1.82) is 0 Å². The van der Waals surface area contributed by atoms with Crippen LogP contribution in [-0.2, 0) is 14.3 Å². The van der Waals surface area contributed by atoms with Crippen molar-refractivity contribution in [3.8, 4) is 0 Å². The van der Waals surface area contributed by atoms with Crippen LogP contribution in [0.2, 0.25) is 0 Å². The fraction of sp³-hybridized carbons (Fsp3) is 0.833. The van der Waals surface area contributed by atoms with Crippen molar-refractivity contribution < 1.29 is 14.3 Å².